The molecule has 2 heterocycles. The minimum absolute atomic E-state index is 0.484. The second-order valence-electron chi connectivity index (χ2n) is 6.77. The van der Waals surface area contributed by atoms with E-state index in [4.69, 9.17) is 21.1 Å². The number of rotatable bonds is 4. The molecule has 2 aromatic carbocycles. The lowest BCUT2D eigenvalue weighted by molar-refractivity contribution is -0.111. The second kappa shape index (κ2) is 8.09. The predicted molar refractivity (Wildman–Crippen MR) is 111 cm³/mol. The van der Waals surface area contributed by atoms with E-state index in [0.29, 0.717) is 41.4 Å². The number of ether oxygens (including phenoxy) is 1. The number of nitrogens with zero attached hydrogens (tertiary/aromatic N) is 4. The zero-order chi connectivity index (χ0) is 20.2. The zero-order valence-corrected chi connectivity index (χ0v) is 15.9. The van der Waals surface area contributed by atoms with E-state index in [1.807, 2.05) is 42.5 Å². The third-order valence-electron chi connectivity index (χ3n) is 4.93. The normalized spacial score (nSPS) is 13.7. The molecule has 0 unspecified atom stereocenters. The summed E-state index contributed by atoms with van der Waals surface area (Å²) in [6, 6.07) is 17.1. The van der Waals surface area contributed by atoms with Crippen molar-refractivity contribution in [1.29, 1.82) is 5.26 Å². The van der Waals surface area contributed by atoms with E-state index in [9.17, 15) is 0 Å². The fourth-order valence-electron chi connectivity index (χ4n) is 3.34. The van der Waals surface area contributed by atoms with Crippen LogP contribution in [0.5, 0.6) is 0 Å². The smallest absolute Gasteiger partial charge is 0.232 e. The molecule has 29 heavy (non-hydrogen) atoms. The molecule has 1 aliphatic rings. The van der Waals surface area contributed by atoms with Gasteiger partial charge >= 0.3 is 0 Å². The van der Waals surface area contributed by atoms with Gasteiger partial charge in [0, 0.05) is 24.8 Å². The van der Waals surface area contributed by atoms with E-state index in [1.165, 1.54) is 6.33 Å². The number of nitrogen functional groups attached to an aromatic ring is 1. The van der Waals surface area contributed by atoms with Gasteiger partial charge in [-0.3, -0.25) is 5.41 Å². The van der Waals surface area contributed by atoms with Crippen molar-refractivity contribution in [2.75, 3.05) is 36.9 Å². The SMILES string of the molecule is N#Cc1cccc(-c2ccc(N)c(C(=[NH2+])c3cc(N4CCOCC4)ncn3)c2)c1. The minimum Gasteiger partial charge on any atom is -0.398 e. The molecular weight excluding hydrogens is 364 g/mol. The molecule has 4 N–H and O–H groups in total. The molecule has 7 heteroatoms. The Kier molecular flexibility index (Phi) is 5.18. The van der Waals surface area contributed by atoms with Crippen molar-refractivity contribution >= 4 is 17.2 Å². The summed E-state index contributed by atoms with van der Waals surface area (Å²) in [5.74, 6) is 0.817. The second-order valence-corrected chi connectivity index (χ2v) is 6.77. The number of morpholine rings is 1. The van der Waals surface area contributed by atoms with Crippen molar-refractivity contribution < 1.29 is 10.1 Å². The molecular formula is C22H21N6O+. The van der Waals surface area contributed by atoms with Crippen molar-refractivity contribution in [3.63, 3.8) is 0 Å². The van der Waals surface area contributed by atoms with Crippen molar-refractivity contribution in [2.24, 2.45) is 0 Å². The third-order valence-corrected chi connectivity index (χ3v) is 4.93. The number of nitrogens with two attached hydrogens (primary N) is 2. The van der Waals surface area contributed by atoms with Crippen molar-refractivity contribution in [2.45, 2.75) is 0 Å². The van der Waals surface area contributed by atoms with Crippen LogP contribution >= 0.6 is 0 Å². The summed E-state index contributed by atoms with van der Waals surface area (Å²) in [4.78, 5) is 10.9. The van der Waals surface area contributed by atoms with Crippen LogP contribution in [-0.4, -0.2) is 42.0 Å². The van der Waals surface area contributed by atoms with Gasteiger partial charge in [0.2, 0.25) is 5.71 Å². The van der Waals surface area contributed by atoms with Gasteiger partial charge in [0.15, 0.2) is 0 Å². The molecule has 1 fully saturated rings. The molecule has 0 saturated carbocycles. The molecule has 4 rings (SSSR count). The quantitative estimate of drug-likeness (QED) is 0.512. The summed E-state index contributed by atoms with van der Waals surface area (Å²) >= 11 is 0. The summed E-state index contributed by atoms with van der Waals surface area (Å²) in [5.41, 5.74) is 11.0. The van der Waals surface area contributed by atoms with Gasteiger partial charge in [0.05, 0.1) is 30.4 Å². The topological polar surface area (TPSA) is 114 Å². The highest BCUT2D eigenvalue weighted by Gasteiger charge is 2.20. The molecule has 3 aromatic rings. The summed E-state index contributed by atoms with van der Waals surface area (Å²) in [6.07, 6.45) is 1.52. The number of aromatic nitrogens is 2. The highest BCUT2D eigenvalue weighted by atomic mass is 16.5. The van der Waals surface area contributed by atoms with Crippen LogP contribution in [0.25, 0.3) is 11.1 Å². The van der Waals surface area contributed by atoms with E-state index < -0.39 is 0 Å². The Hall–Kier alpha value is -3.76. The number of anilines is 2. The largest absolute Gasteiger partial charge is 0.398 e. The number of benzene rings is 2. The molecule has 144 valence electrons. The van der Waals surface area contributed by atoms with Gasteiger partial charge in [-0.2, -0.15) is 5.26 Å². The van der Waals surface area contributed by atoms with Gasteiger partial charge in [-0.25, -0.2) is 9.97 Å². The van der Waals surface area contributed by atoms with Gasteiger partial charge < -0.3 is 15.4 Å². The summed E-state index contributed by atoms with van der Waals surface area (Å²) in [6.45, 7) is 2.91. The molecule has 1 aliphatic heterocycles. The highest BCUT2D eigenvalue weighted by molar-refractivity contribution is 6.11. The maximum Gasteiger partial charge on any atom is 0.232 e. The average molecular weight is 385 g/mol. The molecule has 7 nitrogen and oxygen atoms in total. The predicted octanol–water partition coefficient (Wildman–Crippen LogP) is 1.03. The number of hydrogen-bond acceptors (Lipinski definition) is 6. The zero-order valence-electron chi connectivity index (χ0n) is 15.9. The molecule has 0 bridgehead atoms. The molecule has 0 atom stereocenters. The van der Waals surface area contributed by atoms with Gasteiger partial charge in [-0.05, 0) is 35.4 Å². The van der Waals surface area contributed by atoms with E-state index in [1.54, 1.807) is 6.07 Å². The lowest BCUT2D eigenvalue weighted by Gasteiger charge is -2.27. The minimum atomic E-state index is 0.484. The Morgan fingerprint density at radius 2 is 1.86 bits per heavy atom. The van der Waals surface area contributed by atoms with Crippen LogP contribution in [0, 0.1) is 11.3 Å². The first-order chi connectivity index (χ1) is 14.2. The molecule has 0 spiro atoms. The van der Waals surface area contributed by atoms with Crippen molar-refractivity contribution in [3.8, 4) is 17.2 Å². The van der Waals surface area contributed by atoms with Gasteiger partial charge in [-0.1, -0.05) is 18.2 Å². The standard InChI is InChI=1S/C22H20N6O/c23-13-15-2-1-3-16(10-15)17-4-5-19(24)18(11-17)22(25)20-12-21(27-14-26-20)28-6-8-29-9-7-28/h1-5,10-12,14,25H,6-9,24H2/p+1. The molecule has 1 aromatic heterocycles. The van der Waals surface area contributed by atoms with E-state index in [0.717, 1.165) is 30.0 Å². The fourth-order valence-corrected chi connectivity index (χ4v) is 3.34. The summed E-state index contributed by atoms with van der Waals surface area (Å²) in [5, 5.41) is 15.6. The molecule has 1 saturated heterocycles. The van der Waals surface area contributed by atoms with Crippen LogP contribution in [0.15, 0.2) is 54.9 Å². The Morgan fingerprint density at radius 1 is 1.07 bits per heavy atom. The highest BCUT2D eigenvalue weighted by Crippen LogP contribution is 2.26. The summed E-state index contributed by atoms with van der Waals surface area (Å²) in [7, 11) is 0. The van der Waals surface area contributed by atoms with E-state index in [2.05, 4.69) is 20.9 Å². The van der Waals surface area contributed by atoms with Crippen LogP contribution < -0.4 is 16.0 Å². The maximum atomic E-state index is 9.16. The van der Waals surface area contributed by atoms with Crippen LogP contribution in [0.4, 0.5) is 11.5 Å². The Morgan fingerprint density at radius 3 is 2.66 bits per heavy atom. The first-order valence-electron chi connectivity index (χ1n) is 9.33. The van der Waals surface area contributed by atoms with Crippen LogP contribution in [-0.2, 0) is 4.74 Å². The Labute approximate surface area is 168 Å². The summed E-state index contributed by atoms with van der Waals surface area (Å²) < 4.78 is 5.40. The van der Waals surface area contributed by atoms with Gasteiger partial charge in [-0.15, -0.1) is 0 Å². The molecule has 0 aliphatic carbocycles. The third kappa shape index (κ3) is 3.93. The first-order valence-corrected chi connectivity index (χ1v) is 9.33. The molecule has 0 radical (unpaired) electrons. The number of nitriles is 1. The Bertz CT molecular complexity index is 1100. The van der Waals surface area contributed by atoms with E-state index in [-0.39, 0.29) is 0 Å². The average Bonchev–Trinajstić information content (AvgIpc) is 2.79. The Balaban J connectivity index is 1.67. The van der Waals surface area contributed by atoms with E-state index >= 15 is 0 Å². The first kappa shape index (κ1) is 18.6. The monoisotopic (exact) mass is 385 g/mol. The van der Waals surface area contributed by atoms with Gasteiger partial charge in [0.25, 0.3) is 0 Å². The van der Waals surface area contributed by atoms with Crippen molar-refractivity contribution in [1.82, 2.24) is 9.97 Å². The lowest BCUT2D eigenvalue weighted by Crippen LogP contribution is -2.42. The van der Waals surface area contributed by atoms with Crippen LogP contribution in [0.2, 0.25) is 0 Å². The van der Waals surface area contributed by atoms with Crippen LogP contribution in [0.1, 0.15) is 16.8 Å². The fraction of sp³-hybridized carbons (Fsp3) is 0.182. The van der Waals surface area contributed by atoms with Crippen LogP contribution in [0.3, 0.4) is 0 Å². The maximum absolute atomic E-state index is 9.16. The lowest BCUT2D eigenvalue weighted by atomic mass is 9.97. The van der Waals surface area contributed by atoms with Gasteiger partial charge in [0.1, 0.15) is 17.8 Å². The molecule has 0 amide bonds. The number of hydrogen-bond donors (Lipinski definition) is 2. The van der Waals surface area contributed by atoms with Crippen molar-refractivity contribution in [3.05, 3.63) is 71.7 Å².